The number of hydrogen-bond donors (Lipinski definition) is 1. The summed E-state index contributed by atoms with van der Waals surface area (Å²) in [6.45, 7) is 7.35. The molecule has 0 aromatic rings. The highest BCUT2D eigenvalue weighted by molar-refractivity contribution is 5.08. The maximum Gasteiger partial charge on any atom is 0.108 e. The molecule has 17 heavy (non-hydrogen) atoms. The predicted octanol–water partition coefficient (Wildman–Crippen LogP) is 0.906. The van der Waals surface area contributed by atoms with Gasteiger partial charge in [-0.25, -0.2) is 0 Å². The normalized spacial score (nSPS) is 26.8. The fourth-order valence-electron chi connectivity index (χ4n) is 2.35. The molecule has 0 spiro atoms. The number of hydrogen-bond acceptors (Lipinski definition) is 4. The number of nitrogens with one attached hydrogen (secondary N) is 1. The molecule has 0 amide bonds. The second-order valence-corrected chi connectivity index (χ2v) is 5.21. The van der Waals surface area contributed by atoms with E-state index in [4.69, 9.17) is 0 Å². The van der Waals surface area contributed by atoms with Crippen LogP contribution in [0.3, 0.4) is 0 Å². The van der Waals surface area contributed by atoms with E-state index in [1.807, 2.05) is 0 Å². The topological polar surface area (TPSA) is 42.3 Å². The third-order valence-corrected chi connectivity index (χ3v) is 3.62. The summed E-state index contributed by atoms with van der Waals surface area (Å²) in [4.78, 5) is 4.58. The Kier molecular flexibility index (Phi) is 5.90. The Morgan fingerprint density at radius 2 is 2.12 bits per heavy atom. The summed E-state index contributed by atoms with van der Waals surface area (Å²) >= 11 is 0. The lowest BCUT2D eigenvalue weighted by Crippen LogP contribution is -2.47. The fraction of sp³-hybridized carbons (Fsp3) is 0.923. The van der Waals surface area contributed by atoms with Gasteiger partial charge in [0.2, 0.25) is 0 Å². The van der Waals surface area contributed by atoms with Gasteiger partial charge in [-0.05, 0) is 46.4 Å². The molecule has 0 saturated carbocycles. The lowest BCUT2D eigenvalue weighted by Gasteiger charge is -2.27. The van der Waals surface area contributed by atoms with Gasteiger partial charge in [0.1, 0.15) is 5.54 Å². The minimum atomic E-state index is -0.292. The van der Waals surface area contributed by atoms with E-state index in [1.54, 1.807) is 0 Å². The molecule has 1 aliphatic rings. The van der Waals surface area contributed by atoms with Gasteiger partial charge in [-0.1, -0.05) is 6.92 Å². The van der Waals surface area contributed by atoms with Gasteiger partial charge in [0.15, 0.2) is 0 Å². The third kappa shape index (κ3) is 4.63. The second-order valence-electron chi connectivity index (χ2n) is 5.21. The van der Waals surface area contributed by atoms with Crippen molar-refractivity contribution < 1.29 is 0 Å². The van der Waals surface area contributed by atoms with Crippen LogP contribution in [0.15, 0.2) is 0 Å². The average Bonchev–Trinajstić information content (AvgIpc) is 2.51. The summed E-state index contributed by atoms with van der Waals surface area (Å²) < 4.78 is 0. The Hall–Kier alpha value is -0.630. The number of rotatable bonds is 5. The summed E-state index contributed by atoms with van der Waals surface area (Å²) in [5.74, 6) is 0. The fourth-order valence-corrected chi connectivity index (χ4v) is 2.35. The molecule has 1 fully saturated rings. The average molecular weight is 238 g/mol. The highest BCUT2D eigenvalue weighted by Gasteiger charge is 2.31. The van der Waals surface area contributed by atoms with Crippen LogP contribution in [0.5, 0.6) is 0 Å². The second kappa shape index (κ2) is 6.95. The van der Waals surface area contributed by atoms with Crippen LogP contribution >= 0.6 is 0 Å². The maximum absolute atomic E-state index is 9.45. The Balaban J connectivity index is 2.47. The van der Waals surface area contributed by atoms with Crippen molar-refractivity contribution in [1.82, 2.24) is 15.1 Å². The Morgan fingerprint density at radius 1 is 1.35 bits per heavy atom. The molecule has 1 heterocycles. The van der Waals surface area contributed by atoms with Gasteiger partial charge in [-0.15, -0.1) is 0 Å². The van der Waals surface area contributed by atoms with Crippen molar-refractivity contribution in [2.24, 2.45) is 0 Å². The van der Waals surface area contributed by atoms with Gasteiger partial charge in [-0.2, -0.15) is 5.26 Å². The minimum absolute atomic E-state index is 0.292. The molecule has 0 bridgehead atoms. The summed E-state index contributed by atoms with van der Waals surface area (Å²) in [5, 5.41) is 12.9. The van der Waals surface area contributed by atoms with Gasteiger partial charge in [0, 0.05) is 19.6 Å². The summed E-state index contributed by atoms with van der Waals surface area (Å²) in [7, 11) is 4.12. The van der Waals surface area contributed by atoms with Crippen LogP contribution in [0.25, 0.3) is 0 Å². The van der Waals surface area contributed by atoms with E-state index in [1.165, 1.54) is 0 Å². The zero-order chi connectivity index (χ0) is 12.7. The Morgan fingerprint density at radius 3 is 2.71 bits per heavy atom. The number of nitrogens with zero attached hydrogens (tertiary/aromatic N) is 3. The molecular weight excluding hydrogens is 212 g/mol. The van der Waals surface area contributed by atoms with Gasteiger partial charge < -0.3 is 9.80 Å². The van der Waals surface area contributed by atoms with Crippen LogP contribution in [-0.2, 0) is 0 Å². The molecule has 1 rings (SSSR count). The van der Waals surface area contributed by atoms with Crippen molar-refractivity contribution in [2.75, 3.05) is 46.8 Å². The van der Waals surface area contributed by atoms with Gasteiger partial charge in [0.05, 0.1) is 6.07 Å². The van der Waals surface area contributed by atoms with E-state index in [0.717, 1.165) is 52.0 Å². The molecule has 1 aliphatic heterocycles. The molecule has 0 radical (unpaired) electrons. The van der Waals surface area contributed by atoms with Crippen LogP contribution in [0.4, 0.5) is 0 Å². The van der Waals surface area contributed by atoms with Gasteiger partial charge in [0.25, 0.3) is 0 Å². The Bertz CT molecular complexity index is 259. The molecule has 4 nitrogen and oxygen atoms in total. The minimum Gasteiger partial charge on any atom is -0.308 e. The maximum atomic E-state index is 9.45. The van der Waals surface area contributed by atoms with Crippen molar-refractivity contribution in [3.8, 4) is 6.07 Å². The molecule has 0 aliphatic carbocycles. The van der Waals surface area contributed by atoms with Crippen LogP contribution in [-0.4, -0.2) is 62.2 Å². The summed E-state index contributed by atoms with van der Waals surface area (Å²) in [6, 6.07) is 2.52. The zero-order valence-electron chi connectivity index (χ0n) is 11.5. The van der Waals surface area contributed by atoms with Crippen molar-refractivity contribution in [3.05, 3.63) is 0 Å². The molecule has 1 atom stereocenters. The van der Waals surface area contributed by atoms with Crippen LogP contribution < -0.4 is 5.32 Å². The predicted molar refractivity (Wildman–Crippen MR) is 70.9 cm³/mol. The molecule has 0 aromatic heterocycles. The van der Waals surface area contributed by atoms with Crippen LogP contribution in [0.1, 0.15) is 26.2 Å². The monoisotopic (exact) mass is 238 g/mol. The van der Waals surface area contributed by atoms with E-state index in [0.29, 0.717) is 0 Å². The highest BCUT2D eigenvalue weighted by atomic mass is 15.1. The van der Waals surface area contributed by atoms with Crippen molar-refractivity contribution in [1.29, 1.82) is 5.26 Å². The number of likely N-dealkylation sites (N-methyl/N-ethyl adjacent to an activating group) is 1. The van der Waals surface area contributed by atoms with E-state index in [9.17, 15) is 5.26 Å². The standard InChI is InChI=1S/C13H26N4/c1-4-17-9-5-6-13(12-14,7-10-17)15-8-11-16(2)3/h15H,4-11H2,1-3H3. The number of nitriles is 1. The van der Waals surface area contributed by atoms with Crippen LogP contribution in [0, 0.1) is 11.3 Å². The zero-order valence-corrected chi connectivity index (χ0v) is 11.5. The largest absolute Gasteiger partial charge is 0.308 e. The quantitative estimate of drug-likeness (QED) is 0.773. The highest BCUT2D eigenvalue weighted by Crippen LogP contribution is 2.21. The molecule has 1 saturated heterocycles. The smallest absolute Gasteiger partial charge is 0.108 e. The van der Waals surface area contributed by atoms with Crippen LogP contribution in [0.2, 0.25) is 0 Å². The van der Waals surface area contributed by atoms with E-state index in [2.05, 4.69) is 42.2 Å². The molecule has 1 N–H and O–H groups in total. The van der Waals surface area contributed by atoms with Gasteiger partial charge >= 0.3 is 0 Å². The van der Waals surface area contributed by atoms with E-state index >= 15 is 0 Å². The van der Waals surface area contributed by atoms with Crippen molar-refractivity contribution in [2.45, 2.75) is 31.7 Å². The van der Waals surface area contributed by atoms with E-state index in [-0.39, 0.29) is 5.54 Å². The molecule has 98 valence electrons. The van der Waals surface area contributed by atoms with E-state index < -0.39 is 0 Å². The first kappa shape index (κ1) is 14.4. The lowest BCUT2D eigenvalue weighted by molar-refractivity contribution is 0.285. The molecule has 1 unspecified atom stereocenters. The summed E-state index contributed by atoms with van der Waals surface area (Å²) in [6.07, 6.45) is 3.05. The molecule has 4 heteroatoms. The first-order valence-electron chi connectivity index (χ1n) is 6.65. The summed E-state index contributed by atoms with van der Waals surface area (Å²) in [5.41, 5.74) is -0.292. The number of likely N-dealkylation sites (tertiary alicyclic amines) is 1. The van der Waals surface area contributed by atoms with Crippen molar-refractivity contribution in [3.63, 3.8) is 0 Å². The SMILES string of the molecule is CCN1CCCC(C#N)(NCCN(C)C)CC1. The third-order valence-electron chi connectivity index (χ3n) is 3.62. The first-order valence-corrected chi connectivity index (χ1v) is 6.65. The Labute approximate surface area is 106 Å². The molecule has 0 aromatic carbocycles. The van der Waals surface area contributed by atoms with Gasteiger partial charge in [-0.3, -0.25) is 5.32 Å². The lowest BCUT2D eigenvalue weighted by atomic mass is 9.92. The first-order chi connectivity index (χ1) is 8.12. The molecular formula is C13H26N4. The van der Waals surface area contributed by atoms with Crippen molar-refractivity contribution >= 4 is 0 Å².